The largest absolute Gasteiger partial charge is 0.459 e. The predicted molar refractivity (Wildman–Crippen MR) is 131 cm³/mol. The van der Waals surface area contributed by atoms with Crippen molar-refractivity contribution in [3.05, 3.63) is 108 Å². The minimum Gasteiger partial charge on any atom is -0.459 e. The van der Waals surface area contributed by atoms with Crippen molar-refractivity contribution in [3.8, 4) is 11.3 Å². The number of carbonyl (C=O) groups is 1. The van der Waals surface area contributed by atoms with Gasteiger partial charge in [-0.2, -0.15) is 0 Å². The van der Waals surface area contributed by atoms with Gasteiger partial charge in [-0.15, -0.1) is 0 Å². The van der Waals surface area contributed by atoms with Gasteiger partial charge in [0.2, 0.25) is 5.91 Å². The molecule has 4 aromatic rings. The maximum absolute atomic E-state index is 13.4. The molecule has 1 aliphatic rings. The molecule has 0 radical (unpaired) electrons. The van der Waals surface area contributed by atoms with Crippen molar-refractivity contribution in [3.63, 3.8) is 0 Å². The molecule has 8 heteroatoms. The number of thiocarbonyl (C=S) groups is 1. The normalized spacial score (nSPS) is 17.4. The fourth-order valence-corrected chi connectivity index (χ4v) is 4.35. The van der Waals surface area contributed by atoms with Gasteiger partial charge in [0.1, 0.15) is 29.9 Å². The molecule has 170 valence electrons. The number of carbonyl (C=O) groups excluding carboxylic acids is 1. The summed E-state index contributed by atoms with van der Waals surface area (Å²) in [5.41, 5.74) is 2.24. The van der Waals surface area contributed by atoms with E-state index in [4.69, 9.17) is 16.6 Å². The lowest BCUT2D eigenvalue weighted by Crippen LogP contribution is -2.36. The molecule has 1 aliphatic heterocycles. The van der Waals surface area contributed by atoms with Gasteiger partial charge in [0.05, 0.1) is 11.7 Å². The third kappa shape index (κ3) is 4.53. The van der Waals surface area contributed by atoms with Crippen molar-refractivity contribution in [1.29, 1.82) is 0 Å². The maximum Gasteiger partial charge on any atom is 0.244 e. The van der Waals surface area contributed by atoms with Gasteiger partial charge in [-0.25, -0.2) is 4.39 Å². The molecule has 0 aliphatic carbocycles. The van der Waals surface area contributed by atoms with Gasteiger partial charge in [-0.1, -0.05) is 24.3 Å². The Balaban J connectivity index is 1.46. The number of amides is 1. The van der Waals surface area contributed by atoms with Crippen LogP contribution in [0.3, 0.4) is 0 Å². The SMILES string of the molecule is O=C(CN1C(=S)N[C@@H](c2ccccn2)[C@@H]1c1ccc(-c2ccc(F)cc2)o1)Nc1ccccc1. The van der Waals surface area contributed by atoms with Crippen molar-refractivity contribution >= 4 is 28.9 Å². The van der Waals surface area contributed by atoms with Crippen molar-refractivity contribution in [2.45, 2.75) is 12.1 Å². The highest BCUT2D eigenvalue weighted by Crippen LogP contribution is 2.40. The molecule has 34 heavy (non-hydrogen) atoms. The van der Waals surface area contributed by atoms with Crippen LogP contribution in [0, 0.1) is 5.82 Å². The van der Waals surface area contributed by atoms with Gasteiger partial charge >= 0.3 is 0 Å². The highest BCUT2D eigenvalue weighted by atomic mass is 32.1. The van der Waals surface area contributed by atoms with Crippen LogP contribution in [-0.4, -0.2) is 27.4 Å². The van der Waals surface area contributed by atoms with Crippen LogP contribution < -0.4 is 10.6 Å². The predicted octanol–water partition coefficient (Wildman–Crippen LogP) is 5.09. The molecule has 2 aromatic heterocycles. The van der Waals surface area contributed by atoms with Crippen molar-refractivity contribution in [2.75, 3.05) is 11.9 Å². The van der Waals surface area contributed by atoms with E-state index in [1.807, 2.05) is 60.7 Å². The van der Waals surface area contributed by atoms with Gasteiger partial charge < -0.3 is 20.0 Å². The van der Waals surface area contributed by atoms with E-state index in [1.165, 1.54) is 12.1 Å². The van der Waals surface area contributed by atoms with E-state index >= 15 is 0 Å². The number of rotatable bonds is 6. The van der Waals surface area contributed by atoms with Crippen LogP contribution in [0.4, 0.5) is 10.1 Å². The van der Waals surface area contributed by atoms with E-state index < -0.39 is 6.04 Å². The number of halogens is 1. The van der Waals surface area contributed by atoms with Crippen LogP contribution in [0.1, 0.15) is 23.5 Å². The Kier molecular flexibility index (Phi) is 6.05. The standard InChI is InChI=1S/C26H21FN4O2S/c27-18-11-9-17(10-12-18)21-13-14-22(33-21)25-24(20-8-4-5-15-28-20)30-26(34)31(25)16-23(32)29-19-6-2-1-3-7-19/h1-15,24-25H,16H2,(H,29,32)(H,30,34)/t24-,25-/m0/s1. The summed E-state index contributed by atoms with van der Waals surface area (Å²) in [5.74, 6) is 0.704. The van der Waals surface area contributed by atoms with E-state index in [0.717, 1.165) is 11.3 Å². The number of hydrogen-bond acceptors (Lipinski definition) is 4. The molecule has 1 fully saturated rings. The lowest BCUT2D eigenvalue weighted by atomic mass is 10.0. The minimum atomic E-state index is -0.405. The van der Waals surface area contributed by atoms with Gasteiger partial charge in [-0.05, 0) is 72.9 Å². The first-order valence-electron chi connectivity index (χ1n) is 10.8. The zero-order valence-corrected chi connectivity index (χ0v) is 18.8. The monoisotopic (exact) mass is 472 g/mol. The molecule has 6 nitrogen and oxygen atoms in total. The zero-order chi connectivity index (χ0) is 23.5. The molecule has 5 rings (SSSR count). The Morgan fingerprint density at radius 2 is 1.79 bits per heavy atom. The summed E-state index contributed by atoms with van der Waals surface area (Å²) in [6.07, 6.45) is 1.72. The first-order chi connectivity index (χ1) is 16.6. The van der Waals surface area contributed by atoms with E-state index in [2.05, 4.69) is 15.6 Å². The number of benzene rings is 2. The Bertz CT molecular complexity index is 1300. The number of aromatic nitrogens is 1. The lowest BCUT2D eigenvalue weighted by molar-refractivity contribution is -0.116. The molecule has 3 heterocycles. The number of nitrogens with zero attached hydrogens (tertiary/aromatic N) is 2. The van der Waals surface area contributed by atoms with Gasteiger partial charge in [0.25, 0.3) is 0 Å². The Morgan fingerprint density at radius 1 is 1.03 bits per heavy atom. The Labute approximate surface area is 201 Å². The number of nitrogens with one attached hydrogen (secondary N) is 2. The number of anilines is 1. The fraction of sp³-hybridized carbons (Fsp3) is 0.115. The van der Waals surface area contributed by atoms with E-state index in [1.54, 1.807) is 23.2 Å². The summed E-state index contributed by atoms with van der Waals surface area (Å²) >= 11 is 5.62. The lowest BCUT2D eigenvalue weighted by Gasteiger charge is -2.25. The third-order valence-electron chi connectivity index (χ3n) is 5.62. The van der Waals surface area contributed by atoms with E-state index in [-0.39, 0.29) is 24.3 Å². The first kappa shape index (κ1) is 21.8. The molecule has 0 saturated carbocycles. The first-order valence-corrected chi connectivity index (χ1v) is 11.2. The summed E-state index contributed by atoms with van der Waals surface area (Å²) in [6.45, 7) is 0.0291. The zero-order valence-electron chi connectivity index (χ0n) is 18.0. The molecule has 2 aromatic carbocycles. The van der Waals surface area contributed by atoms with Crippen molar-refractivity contribution in [1.82, 2.24) is 15.2 Å². The minimum absolute atomic E-state index is 0.0291. The van der Waals surface area contributed by atoms with Crippen LogP contribution in [0.15, 0.2) is 95.5 Å². The van der Waals surface area contributed by atoms with Crippen LogP contribution in [-0.2, 0) is 4.79 Å². The molecule has 1 amide bonds. The second-order valence-corrected chi connectivity index (χ2v) is 8.26. The summed E-state index contributed by atoms with van der Waals surface area (Å²) in [5, 5.41) is 6.64. The second-order valence-electron chi connectivity index (χ2n) is 7.88. The average Bonchev–Trinajstić information content (AvgIpc) is 3.46. The molecule has 0 spiro atoms. The molecule has 2 atom stereocenters. The average molecular weight is 473 g/mol. The molecule has 2 N–H and O–H groups in total. The van der Waals surface area contributed by atoms with Crippen LogP contribution in [0.2, 0.25) is 0 Å². The van der Waals surface area contributed by atoms with Gasteiger partial charge in [0, 0.05) is 17.4 Å². The highest BCUT2D eigenvalue weighted by molar-refractivity contribution is 7.80. The molecular formula is C26H21FN4O2S. The Hall–Kier alpha value is -4.04. The highest BCUT2D eigenvalue weighted by Gasteiger charge is 2.42. The summed E-state index contributed by atoms with van der Waals surface area (Å²) in [6, 6.07) is 24.0. The van der Waals surface area contributed by atoms with Gasteiger partial charge in [0.15, 0.2) is 5.11 Å². The Morgan fingerprint density at radius 3 is 2.53 bits per heavy atom. The van der Waals surface area contributed by atoms with E-state index in [0.29, 0.717) is 22.3 Å². The molecule has 0 unspecified atom stereocenters. The summed E-state index contributed by atoms with van der Waals surface area (Å²) < 4.78 is 19.6. The van der Waals surface area contributed by atoms with Crippen LogP contribution in [0.25, 0.3) is 11.3 Å². The topological polar surface area (TPSA) is 70.4 Å². The van der Waals surface area contributed by atoms with Crippen LogP contribution >= 0.6 is 12.2 Å². The third-order valence-corrected chi connectivity index (χ3v) is 5.97. The molecular weight excluding hydrogens is 451 g/mol. The molecule has 1 saturated heterocycles. The fourth-order valence-electron chi connectivity index (χ4n) is 4.04. The molecule has 0 bridgehead atoms. The van der Waals surface area contributed by atoms with E-state index in [9.17, 15) is 9.18 Å². The number of hydrogen-bond donors (Lipinski definition) is 2. The van der Waals surface area contributed by atoms with Crippen molar-refractivity contribution in [2.24, 2.45) is 0 Å². The smallest absolute Gasteiger partial charge is 0.244 e. The van der Waals surface area contributed by atoms with Gasteiger partial charge in [-0.3, -0.25) is 9.78 Å². The van der Waals surface area contributed by atoms with Crippen LogP contribution in [0.5, 0.6) is 0 Å². The quantitative estimate of drug-likeness (QED) is 0.381. The number of pyridine rings is 1. The number of furan rings is 1. The second kappa shape index (κ2) is 9.44. The summed E-state index contributed by atoms with van der Waals surface area (Å²) in [7, 11) is 0. The maximum atomic E-state index is 13.4. The summed E-state index contributed by atoms with van der Waals surface area (Å²) in [4.78, 5) is 19.2. The number of para-hydroxylation sites is 1. The van der Waals surface area contributed by atoms with Crippen molar-refractivity contribution < 1.29 is 13.6 Å².